The number of nitro benzene ring substituents is 1. The van der Waals surface area contributed by atoms with Gasteiger partial charge in [-0.15, -0.1) is 0 Å². The van der Waals surface area contributed by atoms with E-state index in [-0.39, 0.29) is 5.69 Å². The van der Waals surface area contributed by atoms with E-state index in [1.807, 2.05) is 32.0 Å². The number of rotatable bonds is 9. The van der Waals surface area contributed by atoms with Gasteiger partial charge in [-0.2, -0.15) is 5.10 Å². The van der Waals surface area contributed by atoms with E-state index in [9.17, 15) is 10.1 Å². The Morgan fingerprint density at radius 3 is 2.45 bits per heavy atom. The zero-order chi connectivity index (χ0) is 20.8. The topological polar surface area (TPSA) is 129 Å². The summed E-state index contributed by atoms with van der Waals surface area (Å²) < 4.78 is 11.2. The Hall–Kier alpha value is -3.46. The van der Waals surface area contributed by atoms with Crippen molar-refractivity contribution in [2.75, 3.05) is 13.2 Å². The lowest BCUT2D eigenvalue weighted by atomic mass is 10.1. The van der Waals surface area contributed by atoms with Gasteiger partial charge in [0.25, 0.3) is 5.69 Å². The van der Waals surface area contributed by atoms with Gasteiger partial charge in [-0.05, 0) is 37.1 Å². The first kappa shape index (κ1) is 20.3. The number of nitro groups is 1. The summed E-state index contributed by atoms with van der Waals surface area (Å²) in [6.45, 7) is 4.87. The highest BCUT2D eigenvalue weighted by Gasteiger charge is 2.17. The normalized spacial score (nSPS) is 11.8. The first-order valence-electron chi connectivity index (χ1n) is 9.31. The highest BCUT2D eigenvalue weighted by Crippen LogP contribution is 2.31. The van der Waals surface area contributed by atoms with Crippen LogP contribution in [0.5, 0.6) is 11.5 Å². The minimum absolute atomic E-state index is 0.0506. The number of hydrogen-bond acceptors (Lipinski definition) is 7. The molecule has 0 aliphatic carbocycles. The smallest absolute Gasteiger partial charge is 0.269 e. The van der Waals surface area contributed by atoms with Crippen molar-refractivity contribution < 1.29 is 14.4 Å². The number of ether oxygens (including phenoxy) is 2. The molecule has 9 heteroatoms. The Kier molecular flexibility index (Phi) is 6.40. The molecule has 3 aromatic rings. The van der Waals surface area contributed by atoms with Crippen LogP contribution in [-0.2, 0) is 6.42 Å². The largest absolute Gasteiger partial charge is 0.490 e. The third kappa shape index (κ3) is 4.88. The second kappa shape index (κ2) is 9.16. The highest BCUT2D eigenvalue weighted by atomic mass is 16.6. The van der Waals surface area contributed by atoms with Gasteiger partial charge < -0.3 is 15.2 Å². The van der Waals surface area contributed by atoms with E-state index < -0.39 is 11.0 Å². The highest BCUT2D eigenvalue weighted by molar-refractivity contribution is 5.45. The third-order valence-corrected chi connectivity index (χ3v) is 4.27. The van der Waals surface area contributed by atoms with Crippen LogP contribution in [0, 0.1) is 10.1 Å². The molecule has 1 aromatic heterocycles. The van der Waals surface area contributed by atoms with E-state index in [1.54, 1.807) is 12.1 Å². The molecule has 9 nitrogen and oxygen atoms in total. The van der Waals surface area contributed by atoms with Gasteiger partial charge in [0, 0.05) is 18.6 Å². The lowest BCUT2D eigenvalue weighted by molar-refractivity contribution is -0.384. The first-order valence-corrected chi connectivity index (χ1v) is 9.31. The average molecular weight is 397 g/mol. The summed E-state index contributed by atoms with van der Waals surface area (Å²) in [5.41, 5.74) is 8.08. The third-order valence-electron chi connectivity index (χ3n) is 4.27. The van der Waals surface area contributed by atoms with Gasteiger partial charge in [-0.1, -0.05) is 18.2 Å². The molecule has 1 atom stereocenters. The predicted octanol–water partition coefficient (Wildman–Crippen LogP) is 3.15. The van der Waals surface area contributed by atoms with Crippen LogP contribution in [0.2, 0.25) is 0 Å². The molecule has 0 spiro atoms. The molecule has 3 N–H and O–H groups in total. The summed E-state index contributed by atoms with van der Waals surface area (Å²) in [7, 11) is 0. The molecule has 3 rings (SSSR count). The zero-order valence-electron chi connectivity index (χ0n) is 16.3. The molecule has 29 heavy (non-hydrogen) atoms. The second-order valence-electron chi connectivity index (χ2n) is 6.29. The van der Waals surface area contributed by atoms with Crippen molar-refractivity contribution in [3.05, 3.63) is 75.4 Å². The molecule has 0 saturated heterocycles. The van der Waals surface area contributed by atoms with Gasteiger partial charge in [-0.25, -0.2) is 4.98 Å². The number of aromatic nitrogens is 3. The van der Waals surface area contributed by atoms with Gasteiger partial charge in [0.05, 0.1) is 24.2 Å². The van der Waals surface area contributed by atoms with Crippen molar-refractivity contribution in [1.29, 1.82) is 0 Å². The molecule has 1 heterocycles. The molecule has 0 saturated carbocycles. The Bertz CT molecular complexity index is 971. The minimum Gasteiger partial charge on any atom is -0.490 e. The minimum atomic E-state index is -0.535. The second-order valence-corrected chi connectivity index (χ2v) is 6.29. The molecule has 0 bridgehead atoms. The van der Waals surface area contributed by atoms with Gasteiger partial charge >= 0.3 is 0 Å². The molecule has 0 radical (unpaired) electrons. The van der Waals surface area contributed by atoms with E-state index in [1.165, 1.54) is 12.1 Å². The maximum atomic E-state index is 10.8. The number of hydrogen-bond donors (Lipinski definition) is 2. The van der Waals surface area contributed by atoms with E-state index in [2.05, 4.69) is 15.2 Å². The van der Waals surface area contributed by atoms with Crippen LogP contribution < -0.4 is 15.2 Å². The maximum absolute atomic E-state index is 10.8. The van der Waals surface area contributed by atoms with E-state index in [0.29, 0.717) is 42.8 Å². The summed E-state index contributed by atoms with van der Waals surface area (Å²) in [4.78, 5) is 14.8. The zero-order valence-corrected chi connectivity index (χ0v) is 16.3. The summed E-state index contributed by atoms with van der Waals surface area (Å²) in [5, 5.41) is 17.9. The lowest BCUT2D eigenvalue weighted by Gasteiger charge is -2.14. The van der Waals surface area contributed by atoms with Crippen LogP contribution in [0.4, 0.5) is 5.69 Å². The number of nitrogens with zero attached hydrogens (tertiary/aromatic N) is 3. The molecule has 0 aliphatic rings. The van der Waals surface area contributed by atoms with Crippen molar-refractivity contribution >= 4 is 5.69 Å². The van der Waals surface area contributed by atoms with Crippen LogP contribution in [0.3, 0.4) is 0 Å². The maximum Gasteiger partial charge on any atom is 0.269 e. The Balaban J connectivity index is 1.75. The number of benzene rings is 2. The summed E-state index contributed by atoms with van der Waals surface area (Å²) in [6.07, 6.45) is 0.463. The van der Waals surface area contributed by atoms with Crippen molar-refractivity contribution in [3.8, 4) is 11.5 Å². The van der Waals surface area contributed by atoms with Gasteiger partial charge in [0.1, 0.15) is 5.82 Å². The number of nitrogens with one attached hydrogen (secondary N) is 1. The molecule has 0 amide bonds. The van der Waals surface area contributed by atoms with Crippen LogP contribution in [0.25, 0.3) is 0 Å². The molecule has 0 aliphatic heterocycles. The molecule has 0 fully saturated rings. The standard InChI is InChI=1S/C20H23N5O4/c1-3-28-16-10-7-14(12-17(16)29-4-2)19(21)20-22-18(23-24-20)11-13-5-8-15(9-6-13)25(26)27/h5-10,12,19H,3-4,11,21H2,1-2H3,(H,22,23,24)/t19-/m1/s1. The fourth-order valence-corrected chi connectivity index (χ4v) is 2.87. The monoisotopic (exact) mass is 397 g/mol. The Morgan fingerprint density at radius 1 is 1.10 bits per heavy atom. The fourth-order valence-electron chi connectivity index (χ4n) is 2.87. The summed E-state index contributed by atoms with van der Waals surface area (Å²) in [6, 6.07) is 11.3. The SMILES string of the molecule is CCOc1ccc([C@@H](N)c2n[nH]c(Cc3ccc([N+](=O)[O-])cc3)n2)cc1OCC. The van der Waals surface area contributed by atoms with E-state index in [4.69, 9.17) is 15.2 Å². The number of H-pyrrole nitrogens is 1. The van der Waals surface area contributed by atoms with Crippen molar-refractivity contribution in [1.82, 2.24) is 15.2 Å². The number of nitrogens with two attached hydrogens (primary N) is 1. The fraction of sp³-hybridized carbons (Fsp3) is 0.300. The predicted molar refractivity (Wildman–Crippen MR) is 107 cm³/mol. The molecule has 2 aromatic carbocycles. The van der Waals surface area contributed by atoms with Gasteiger partial charge in [0.15, 0.2) is 17.3 Å². The van der Waals surface area contributed by atoms with Gasteiger partial charge in [0.2, 0.25) is 0 Å². The van der Waals surface area contributed by atoms with Crippen molar-refractivity contribution in [3.63, 3.8) is 0 Å². The Morgan fingerprint density at radius 2 is 1.79 bits per heavy atom. The van der Waals surface area contributed by atoms with E-state index in [0.717, 1.165) is 11.1 Å². The Labute approximate surface area is 168 Å². The van der Waals surface area contributed by atoms with Gasteiger partial charge in [-0.3, -0.25) is 15.2 Å². The van der Waals surface area contributed by atoms with E-state index >= 15 is 0 Å². The quantitative estimate of drug-likeness (QED) is 0.419. The van der Waals surface area contributed by atoms with Crippen LogP contribution in [0.1, 0.15) is 42.7 Å². The molecule has 0 unspecified atom stereocenters. The van der Waals surface area contributed by atoms with Crippen LogP contribution >= 0.6 is 0 Å². The summed E-state index contributed by atoms with van der Waals surface area (Å²) in [5.74, 6) is 2.37. The first-order chi connectivity index (χ1) is 14.0. The van der Waals surface area contributed by atoms with Crippen LogP contribution in [0.15, 0.2) is 42.5 Å². The summed E-state index contributed by atoms with van der Waals surface area (Å²) >= 11 is 0. The average Bonchev–Trinajstić information content (AvgIpc) is 3.18. The molecule has 152 valence electrons. The van der Waals surface area contributed by atoms with Crippen molar-refractivity contribution in [2.24, 2.45) is 5.73 Å². The number of non-ortho nitro benzene ring substituents is 1. The van der Waals surface area contributed by atoms with Crippen molar-refractivity contribution in [2.45, 2.75) is 26.3 Å². The molecular formula is C20H23N5O4. The molecular weight excluding hydrogens is 374 g/mol. The number of aromatic amines is 1. The lowest BCUT2D eigenvalue weighted by Crippen LogP contribution is -2.14. The van der Waals surface area contributed by atoms with Crippen LogP contribution in [-0.4, -0.2) is 33.3 Å².